The third kappa shape index (κ3) is 9.45. The first kappa shape index (κ1) is 61.1. The van der Waals surface area contributed by atoms with Crippen molar-refractivity contribution < 1.29 is 8.83 Å². The summed E-state index contributed by atoms with van der Waals surface area (Å²) in [6, 6.07) is 113. The summed E-state index contributed by atoms with van der Waals surface area (Å²) in [5.41, 5.74) is 28.2. The van der Waals surface area contributed by atoms with Gasteiger partial charge in [0.25, 0.3) is 0 Å². The van der Waals surface area contributed by atoms with Crippen LogP contribution in [0.25, 0.3) is 189 Å². The molecule has 6 heterocycles. The zero-order valence-electron chi connectivity index (χ0n) is 58.5. The van der Waals surface area contributed by atoms with Crippen molar-refractivity contribution in [1.82, 2.24) is 34.1 Å². The van der Waals surface area contributed by atoms with Crippen molar-refractivity contribution in [3.63, 3.8) is 0 Å². The number of hydrogen-bond donors (Lipinski definition) is 0. The Morgan fingerprint density at radius 1 is 0.245 bits per heavy atom. The Hall–Kier alpha value is -13.6. The minimum Gasteiger partial charge on any atom is -0.456 e. The lowest BCUT2D eigenvalue weighted by atomic mass is 9.80. The highest BCUT2D eigenvalue weighted by molar-refractivity contribution is 6.17. The molecule has 500 valence electrons. The molecule has 0 spiro atoms. The van der Waals surface area contributed by atoms with Crippen LogP contribution in [-0.2, 0) is 10.8 Å². The molecule has 0 N–H and O–H groups in total. The average Bonchev–Trinajstić information content (AvgIpc) is 1.54. The van der Waals surface area contributed by atoms with E-state index in [1.165, 1.54) is 104 Å². The maximum absolute atomic E-state index is 6.37. The van der Waals surface area contributed by atoms with Gasteiger partial charge in [-0.3, -0.25) is 0 Å². The van der Waals surface area contributed by atoms with E-state index in [9.17, 15) is 0 Å². The molecule has 22 rings (SSSR count). The molecule has 2 aliphatic rings. The second-order valence-electron chi connectivity index (χ2n) is 29.0. The fourth-order valence-electron chi connectivity index (χ4n) is 17.3. The van der Waals surface area contributed by atoms with Crippen molar-refractivity contribution in [1.29, 1.82) is 0 Å². The molecule has 0 bridgehead atoms. The molecule has 106 heavy (non-hydrogen) atoms. The van der Waals surface area contributed by atoms with Gasteiger partial charge in [0, 0.05) is 98.7 Å². The number of benzene rings is 14. The average molecular weight is 1360 g/mol. The maximum Gasteiger partial charge on any atom is 0.164 e. The van der Waals surface area contributed by atoms with Crippen LogP contribution in [-0.4, -0.2) is 34.1 Å². The number of hydrogen-bond acceptors (Lipinski definition) is 7. The Morgan fingerprint density at radius 3 is 1.02 bits per heavy atom. The van der Waals surface area contributed by atoms with Gasteiger partial charge in [-0.15, -0.1) is 0 Å². The number of fused-ring (bicyclic) bond motifs is 20. The van der Waals surface area contributed by atoms with E-state index in [-0.39, 0.29) is 10.8 Å². The molecule has 6 aromatic heterocycles. The highest BCUT2D eigenvalue weighted by atomic mass is 16.3. The summed E-state index contributed by atoms with van der Waals surface area (Å²) in [4.78, 5) is 25.3. The fraction of sp³-hybridized carbons (Fsp3) is 0.0619. The first-order valence-corrected chi connectivity index (χ1v) is 36.2. The lowest BCUT2D eigenvalue weighted by Gasteiger charge is -2.22. The van der Waals surface area contributed by atoms with Crippen molar-refractivity contribution in [2.45, 2.75) is 38.5 Å². The lowest BCUT2D eigenvalue weighted by molar-refractivity contribution is 0.657. The molecule has 9 nitrogen and oxygen atoms in total. The summed E-state index contributed by atoms with van der Waals surface area (Å²) in [5, 5.41) is 9.68. The highest BCUT2D eigenvalue weighted by Gasteiger charge is 2.41. The first-order chi connectivity index (χ1) is 52.1. The van der Waals surface area contributed by atoms with Crippen LogP contribution in [0.2, 0.25) is 0 Å². The molecule has 9 heteroatoms. The van der Waals surface area contributed by atoms with Gasteiger partial charge in [-0.25, -0.2) is 24.9 Å². The van der Waals surface area contributed by atoms with Crippen LogP contribution >= 0.6 is 0 Å². The molecule has 0 fully saturated rings. The largest absolute Gasteiger partial charge is 0.456 e. The maximum atomic E-state index is 6.37. The van der Waals surface area contributed by atoms with E-state index in [0.29, 0.717) is 23.3 Å². The first-order valence-electron chi connectivity index (χ1n) is 36.2. The van der Waals surface area contributed by atoms with E-state index in [4.69, 9.17) is 33.8 Å². The molecule has 2 aliphatic carbocycles. The quantitative estimate of drug-likeness (QED) is 0.149. The summed E-state index contributed by atoms with van der Waals surface area (Å²) in [6.45, 7) is 9.43. The Bertz CT molecular complexity index is 6470. The Kier molecular flexibility index (Phi) is 13.5. The second-order valence-corrected chi connectivity index (χ2v) is 29.0. The van der Waals surface area contributed by atoms with Crippen molar-refractivity contribution in [2.24, 2.45) is 0 Å². The van der Waals surface area contributed by atoms with Gasteiger partial charge in [-0.2, -0.15) is 0 Å². The smallest absolute Gasteiger partial charge is 0.164 e. The van der Waals surface area contributed by atoms with E-state index < -0.39 is 0 Å². The van der Waals surface area contributed by atoms with Crippen LogP contribution in [0, 0.1) is 0 Å². The standard InChI is InChI=1S/C49H33N3O.C48H32N4O/c1-49(2)39-28-43-38(27-37(39)35-24-25-45-46(47(35)49)36-21-10-12-23-44(36)53-45)34-20-9-11-22-42(34)52(43)33-19-13-18-32(26-33)48-50-40(30-14-5-3-6-15-30)29-41(51-48)31-16-7-4-8-17-31;1-48(2)38-28-40-37(27-36(38)34-24-25-42-43(44(34)48)35-21-10-12-23-41(35)53-42)33-20-9-11-22-39(33)52(40)32-19-13-18-31(26-32)47-50-45(29-14-5-3-6-15-29)49-46(51-47)30-16-7-4-8-17-30/h3-29H,1-2H3;3-28H,1-2H3. The summed E-state index contributed by atoms with van der Waals surface area (Å²) in [6.07, 6.45) is 0. The van der Waals surface area contributed by atoms with Crippen LogP contribution < -0.4 is 0 Å². The zero-order chi connectivity index (χ0) is 70.5. The van der Waals surface area contributed by atoms with Gasteiger partial charge >= 0.3 is 0 Å². The van der Waals surface area contributed by atoms with Crippen LogP contribution in [0.5, 0.6) is 0 Å². The highest BCUT2D eigenvalue weighted by Crippen LogP contribution is 2.57. The third-order valence-electron chi connectivity index (χ3n) is 22.2. The zero-order valence-corrected chi connectivity index (χ0v) is 58.5. The predicted octanol–water partition coefficient (Wildman–Crippen LogP) is 25.0. The molecule has 0 saturated heterocycles. The molecule has 0 atom stereocenters. The van der Waals surface area contributed by atoms with Crippen LogP contribution in [0.15, 0.2) is 330 Å². The predicted molar refractivity (Wildman–Crippen MR) is 433 cm³/mol. The minimum atomic E-state index is -0.249. The van der Waals surface area contributed by atoms with Crippen molar-refractivity contribution in [2.75, 3.05) is 0 Å². The Labute approximate surface area is 610 Å². The van der Waals surface area contributed by atoms with Crippen LogP contribution in [0.4, 0.5) is 0 Å². The topological polar surface area (TPSA) is 101 Å². The van der Waals surface area contributed by atoms with E-state index in [2.05, 4.69) is 273 Å². The van der Waals surface area contributed by atoms with E-state index in [1.54, 1.807) is 0 Å². The van der Waals surface area contributed by atoms with E-state index >= 15 is 0 Å². The summed E-state index contributed by atoms with van der Waals surface area (Å²) in [5.74, 6) is 2.62. The van der Waals surface area contributed by atoms with Crippen LogP contribution in [0.1, 0.15) is 49.9 Å². The van der Waals surface area contributed by atoms with Gasteiger partial charge in [0.2, 0.25) is 0 Å². The van der Waals surface area contributed by atoms with Gasteiger partial charge in [-0.05, 0) is 136 Å². The molecular formula is C97H65N7O2. The third-order valence-corrected chi connectivity index (χ3v) is 22.2. The number of nitrogens with zero attached hydrogens (tertiary/aromatic N) is 7. The Morgan fingerprint density at radius 2 is 0.594 bits per heavy atom. The van der Waals surface area contributed by atoms with E-state index in [0.717, 1.165) is 84.0 Å². The molecule has 20 aromatic rings. The molecule has 14 aromatic carbocycles. The number of para-hydroxylation sites is 4. The van der Waals surface area contributed by atoms with Crippen molar-refractivity contribution >= 4 is 87.5 Å². The summed E-state index contributed by atoms with van der Waals surface area (Å²) >= 11 is 0. The lowest BCUT2D eigenvalue weighted by Crippen LogP contribution is -2.15. The van der Waals surface area contributed by atoms with Crippen molar-refractivity contribution in [3.8, 4) is 102 Å². The summed E-state index contributed by atoms with van der Waals surface area (Å²) in [7, 11) is 0. The van der Waals surface area contributed by atoms with Gasteiger partial charge in [0.05, 0.1) is 33.5 Å². The Balaban J connectivity index is 0.000000136. The molecule has 0 radical (unpaired) electrons. The molecule has 0 amide bonds. The molecule has 0 unspecified atom stereocenters. The van der Waals surface area contributed by atoms with Gasteiger partial charge < -0.3 is 18.0 Å². The second kappa shape index (κ2) is 23.5. The van der Waals surface area contributed by atoms with Crippen molar-refractivity contribution in [3.05, 3.63) is 344 Å². The van der Waals surface area contributed by atoms with Gasteiger partial charge in [0.1, 0.15) is 22.3 Å². The monoisotopic (exact) mass is 1360 g/mol. The normalized spacial score (nSPS) is 13.2. The fourth-order valence-corrected chi connectivity index (χ4v) is 17.3. The number of aromatic nitrogens is 7. The van der Waals surface area contributed by atoms with E-state index in [1.807, 2.05) is 84.9 Å². The molecule has 0 aliphatic heterocycles. The number of rotatable bonds is 8. The van der Waals surface area contributed by atoms with Gasteiger partial charge in [0.15, 0.2) is 23.3 Å². The molecule has 0 saturated carbocycles. The molecular weight excluding hydrogens is 1300 g/mol. The van der Waals surface area contributed by atoms with Gasteiger partial charge in [-0.1, -0.05) is 258 Å². The number of furan rings is 2. The summed E-state index contributed by atoms with van der Waals surface area (Å²) < 4.78 is 17.5. The minimum absolute atomic E-state index is 0.242. The SMILES string of the molecule is CC1(C)c2cc3c(cc2-c2ccc4oc5ccccc5c4c21)c1ccccc1n3-c1cccc(-c2nc(-c3ccccc3)cc(-c3ccccc3)n2)c1.CC1(C)c2cc3c(cc2-c2ccc4oc5ccccc5c4c21)c1ccccc1n3-c1cccc(-c2nc(-c3ccccc3)nc(-c3ccccc3)n2)c1. The van der Waals surface area contributed by atoms with Crippen LogP contribution in [0.3, 0.4) is 0 Å².